The van der Waals surface area contributed by atoms with Gasteiger partial charge in [-0.05, 0) is 36.9 Å². The number of methoxy groups -OCH3 is 1. The van der Waals surface area contributed by atoms with Crippen molar-refractivity contribution in [1.82, 2.24) is 15.1 Å². The fraction of sp³-hybridized carbons (Fsp3) is 0.435. The molecule has 3 rings (SSSR count). The number of hydrogen-bond donors (Lipinski definition) is 1. The second kappa shape index (κ2) is 9.76. The van der Waals surface area contributed by atoms with Gasteiger partial charge in [-0.15, -0.1) is 0 Å². The van der Waals surface area contributed by atoms with E-state index in [4.69, 9.17) is 4.74 Å². The Morgan fingerprint density at radius 3 is 2.34 bits per heavy atom. The minimum Gasteiger partial charge on any atom is -0.496 e. The highest BCUT2D eigenvalue weighted by Gasteiger charge is 2.25. The second-order valence-electron chi connectivity index (χ2n) is 7.75. The Bertz CT molecular complexity index is 799. The summed E-state index contributed by atoms with van der Waals surface area (Å²) >= 11 is 0. The highest BCUT2D eigenvalue weighted by Crippen LogP contribution is 2.24. The lowest BCUT2D eigenvalue weighted by Crippen LogP contribution is -2.48. The van der Waals surface area contributed by atoms with Gasteiger partial charge in [0.15, 0.2) is 0 Å². The number of carbonyl (C=O) groups is 1. The van der Waals surface area contributed by atoms with E-state index in [9.17, 15) is 4.79 Å². The predicted molar refractivity (Wildman–Crippen MR) is 118 cm³/mol. The maximum Gasteiger partial charge on any atom is 0.255 e. The Balaban J connectivity index is 1.77. The summed E-state index contributed by atoms with van der Waals surface area (Å²) in [6, 6.07) is 16.1. The molecule has 1 saturated heterocycles. The van der Waals surface area contributed by atoms with Crippen LogP contribution in [0.2, 0.25) is 0 Å². The first-order chi connectivity index (χ1) is 14.0. The van der Waals surface area contributed by atoms with Crippen LogP contribution in [-0.2, 0) is 0 Å². The van der Waals surface area contributed by atoms with Gasteiger partial charge in [0.05, 0.1) is 18.7 Å². The van der Waals surface area contributed by atoms with Crippen molar-refractivity contribution in [2.45, 2.75) is 6.04 Å². The monoisotopic (exact) mass is 396 g/mol. The number of likely N-dealkylation sites (N-methyl/N-ethyl adjacent to an activating group) is 1. The van der Waals surface area contributed by atoms with Crippen LogP contribution in [0.5, 0.6) is 5.75 Å². The van der Waals surface area contributed by atoms with Crippen LogP contribution >= 0.6 is 0 Å². The molecule has 1 atom stereocenters. The van der Waals surface area contributed by atoms with Crippen molar-refractivity contribution in [1.29, 1.82) is 0 Å². The molecule has 1 aliphatic heterocycles. The van der Waals surface area contributed by atoms with Gasteiger partial charge < -0.3 is 19.9 Å². The number of carbonyl (C=O) groups excluding carboxylic acids is 1. The Labute approximate surface area is 174 Å². The van der Waals surface area contributed by atoms with Crippen LogP contribution < -0.4 is 15.0 Å². The second-order valence-corrected chi connectivity index (χ2v) is 7.75. The lowest BCUT2D eigenvalue weighted by Gasteiger charge is -2.38. The van der Waals surface area contributed by atoms with E-state index in [1.54, 1.807) is 13.2 Å². The Morgan fingerprint density at radius 2 is 1.72 bits per heavy atom. The van der Waals surface area contributed by atoms with Gasteiger partial charge in [-0.3, -0.25) is 9.69 Å². The predicted octanol–water partition coefficient (Wildman–Crippen LogP) is 2.48. The molecule has 0 radical (unpaired) electrons. The Morgan fingerprint density at radius 1 is 1.07 bits per heavy atom. The molecule has 1 fully saturated rings. The highest BCUT2D eigenvalue weighted by molar-refractivity contribution is 5.96. The summed E-state index contributed by atoms with van der Waals surface area (Å²) in [4.78, 5) is 19.7. The van der Waals surface area contributed by atoms with Gasteiger partial charge in [-0.2, -0.15) is 0 Å². The molecule has 1 N–H and O–H groups in total. The van der Waals surface area contributed by atoms with E-state index in [0.717, 1.165) is 26.2 Å². The first-order valence-electron chi connectivity index (χ1n) is 10.1. The molecular formula is C23H32N4O2. The molecule has 2 aromatic carbocycles. The van der Waals surface area contributed by atoms with Crippen molar-refractivity contribution >= 4 is 11.6 Å². The van der Waals surface area contributed by atoms with Gasteiger partial charge in [-0.1, -0.05) is 24.3 Å². The molecular weight excluding hydrogens is 364 g/mol. The minimum atomic E-state index is -0.105. The number of ether oxygens (including phenoxy) is 1. The highest BCUT2D eigenvalue weighted by atomic mass is 16.5. The van der Waals surface area contributed by atoms with Gasteiger partial charge >= 0.3 is 0 Å². The van der Waals surface area contributed by atoms with E-state index in [-0.39, 0.29) is 11.9 Å². The van der Waals surface area contributed by atoms with Crippen LogP contribution in [0, 0.1) is 0 Å². The number of nitrogens with zero attached hydrogens (tertiary/aromatic N) is 3. The summed E-state index contributed by atoms with van der Waals surface area (Å²) < 4.78 is 5.34. The van der Waals surface area contributed by atoms with E-state index in [2.05, 4.69) is 51.3 Å². The van der Waals surface area contributed by atoms with Crippen LogP contribution in [0.15, 0.2) is 48.5 Å². The van der Waals surface area contributed by atoms with Crippen molar-refractivity contribution in [2.24, 2.45) is 0 Å². The van der Waals surface area contributed by atoms with Gasteiger partial charge in [0, 0.05) is 52.5 Å². The number of benzene rings is 2. The summed E-state index contributed by atoms with van der Waals surface area (Å²) in [6.45, 7) is 4.60. The average molecular weight is 397 g/mol. The minimum absolute atomic E-state index is 0.105. The van der Waals surface area contributed by atoms with Crippen LogP contribution in [-0.4, -0.2) is 76.7 Å². The summed E-state index contributed by atoms with van der Waals surface area (Å²) in [5, 5.41) is 3.13. The molecule has 0 unspecified atom stereocenters. The van der Waals surface area contributed by atoms with E-state index >= 15 is 0 Å². The number of rotatable bonds is 7. The molecule has 1 amide bonds. The molecule has 0 aromatic heterocycles. The average Bonchev–Trinajstić information content (AvgIpc) is 2.75. The van der Waals surface area contributed by atoms with E-state index < -0.39 is 0 Å². The fourth-order valence-electron chi connectivity index (χ4n) is 3.70. The first kappa shape index (κ1) is 21.1. The molecule has 1 heterocycles. The fourth-order valence-corrected chi connectivity index (χ4v) is 3.70. The molecule has 0 bridgehead atoms. The third-order valence-electron chi connectivity index (χ3n) is 5.58. The van der Waals surface area contributed by atoms with E-state index in [1.165, 1.54) is 11.3 Å². The van der Waals surface area contributed by atoms with Crippen LogP contribution in [0.4, 0.5) is 5.69 Å². The summed E-state index contributed by atoms with van der Waals surface area (Å²) in [6.07, 6.45) is 0. The molecule has 0 aliphatic carbocycles. The summed E-state index contributed by atoms with van der Waals surface area (Å²) in [7, 11) is 7.83. The zero-order valence-corrected chi connectivity index (χ0v) is 17.9. The molecule has 29 heavy (non-hydrogen) atoms. The molecule has 0 saturated carbocycles. The zero-order valence-electron chi connectivity index (χ0n) is 17.9. The third-order valence-corrected chi connectivity index (χ3v) is 5.58. The summed E-state index contributed by atoms with van der Waals surface area (Å²) in [5.74, 6) is 0.489. The van der Waals surface area contributed by atoms with Crippen molar-refractivity contribution in [3.8, 4) is 5.75 Å². The number of anilines is 1. The maximum atomic E-state index is 12.8. The Kier molecular flexibility index (Phi) is 7.12. The molecule has 0 spiro atoms. The third kappa shape index (κ3) is 5.28. The van der Waals surface area contributed by atoms with Crippen molar-refractivity contribution in [2.75, 3.05) is 65.9 Å². The van der Waals surface area contributed by atoms with Crippen molar-refractivity contribution in [3.05, 3.63) is 59.7 Å². The lowest BCUT2D eigenvalue weighted by atomic mass is 10.0. The van der Waals surface area contributed by atoms with Gasteiger partial charge in [-0.25, -0.2) is 0 Å². The molecule has 6 nitrogen and oxygen atoms in total. The van der Waals surface area contributed by atoms with Gasteiger partial charge in [0.1, 0.15) is 5.75 Å². The van der Waals surface area contributed by atoms with Crippen LogP contribution in [0.25, 0.3) is 0 Å². The largest absolute Gasteiger partial charge is 0.496 e. The van der Waals surface area contributed by atoms with E-state index in [1.807, 2.05) is 32.3 Å². The van der Waals surface area contributed by atoms with Crippen molar-refractivity contribution in [3.63, 3.8) is 0 Å². The summed E-state index contributed by atoms with van der Waals surface area (Å²) in [5.41, 5.74) is 2.96. The normalized spacial score (nSPS) is 16.3. The van der Waals surface area contributed by atoms with Gasteiger partial charge in [0.25, 0.3) is 5.91 Å². The Hall–Kier alpha value is -2.57. The zero-order chi connectivity index (χ0) is 20.8. The number of nitrogens with one attached hydrogen (secondary N) is 1. The first-order valence-corrected chi connectivity index (χ1v) is 10.1. The molecule has 2 aromatic rings. The number of amides is 1. The SMILES string of the molecule is COc1ccccc1C(=O)NC[C@H](c1ccc(N(C)C)cc1)N1CCN(C)CC1. The standard InChI is InChI=1S/C23H32N4O2/c1-25(2)19-11-9-18(10-12-19)21(27-15-13-26(3)14-16-27)17-24-23(28)20-7-5-6-8-22(20)29-4/h5-12,21H,13-17H2,1-4H3,(H,24,28)/t21-/m1/s1. The smallest absolute Gasteiger partial charge is 0.255 e. The quantitative estimate of drug-likeness (QED) is 0.779. The van der Waals surface area contributed by atoms with Crippen molar-refractivity contribution < 1.29 is 9.53 Å². The topological polar surface area (TPSA) is 48.1 Å². The van der Waals surface area contributed by atoms with Crippen LogP contribution in [0.1, 0.15) is 22.0 Å². The molecule has 6 heteroatoms. The molecule has 1 aliphatic rings. The van der Waals surface area contributed by atoms with Gasteiger partial charge in [0.2, 0.25) is 0 Å². The van der Waals surface area contributed by atoms with E-state index in [0.29, 0.717) is 17.9 Å². The molecule has 156 valence electrons. The number of piperazine rings is 1. The number of hydrogen-bond acceptors (Lipinski definition) is 5. The maximum absolute atomic E-state index is 12.8. The lowest BCUT2D eigenvalue weighted by molar-refractivity contribution is 0.0883. The van der Waals surface area contributed by atoms with Crippen LogP contribution in [0.3, 0.4) is 0 Å². The number of para-hydroxylation sites is 1.